The summed E-state index contributed by atoms with van der Waals surface area (Å²) < 4.78 is 11.7. The van der Waals surface area contributed by atoms with Gasteiger partial charge in [0, 0.05) is 12.0 Å². The Bertz CT molecular complexity index is 521. The molecule has 0 aliphatic heterocycles. The van der Waals surface area contributed by atoms with E-state index in [1.165, 1.54) is 15.7 Å². The molecule has 0 saturated heterocycles. The maximum absolute atomic E-state index is 10.9. The molecule has 0 unspecified atom stereocenters. The summed E-state index contributed by atoms with van der Waals surface area (Å²) in [5.41, 5.74) is 0. The Balaban J connectivity index is 2.17. The molecule has 7 nitrogen and oxygen atoms in total. The van der Waals surface area contributed by atoms with E-state index in [4.69, 9.17) is 9.47 Å². The van der Waals surface area contributed by atoms with E-state index in [9.17, 15) is 10.1 Å². The Hall–Kier alpha value is -1.67. The molecule has 0 fully saturated rings. The van der Waals surface area contributed by atoms with Crippen LogP contribution in [0, 0.1) is 10.1 Å². The topological polar surface area (TPSA) is 78.9 Å². The first-order valence-electron chi connectivity index (χ1n) is 5.04. The second kappa shape index (κ2) is 5.11. The highest BCUT2D eigenvalue weighted by molar-refractivity contribution is 7.15. The number of rotatable bonds is 6. The Morgan fingerprint density at radius 2 is 2.41 bits per heavy atom. The van der Waals surface area contributed by atoms with Crippen molar-refractivity contribution >= 4 is 22.1 Å². The van der Waals surface area contributed by atoms with Crippen LogP contribution < -0.4 is 4.74 Å². The van der Waals surface area contributed by atoms with Gasteiger partial charge in [-0.25, -0.2) is 0 Å². The van der Waals surface area contributed by atoms with E-state index in [-0.39, 0.29) is 18.3 Å². The van der Waals surface area contributed by atoms with Crippen LogP contribution in [-0.2, 0) is 4.74 Å². The summed E-state index contributed by atoms with van der Waals surface area (Å²) in [7, 11) is 0. The lowest BCUT2D eigenvalue weighted by Crippen LogP contribution is -2.07. The summed E-state index contributed by atoms with van der Waals surface area (Å²) in [6.07, 6.45) is 1.60. The van der Waals surface area contributed by atoms with Gasteiger partial charge >= 0.3 is 11.7 Å². The van der Waals surface area contributed by atoms with Gasteiger partial charge < -0.3 is 19.6 Å². The molecule has 0 atom stereocenters. The summed E-state index contributed by atoms with van der Waals surface area (Å²) in [6.45, 7) is 3.09. The smallest absolute Gasteiger partial charge is 0.393 e. The van der Waals surface area contributed by atoms with Crippen LogP contribution in [0.25, 0.3) is 4.96 Å². The van der Waals surface area contributed by atoms with Crippen LogP contribution >= 0.6 is 11.3 Å². The van der Waals surface area contributed by atoms with Crippen molar-refractivity contribution < 1.29 is 14.4 Å². The largest absolute Gasteiger partial charge is 0.469 e. The molecule has 8 heteroatoms. The number of nitrogens with zero attached hydrogens (tertiary/aromatic N) is 3. The Labute approximate surface area is 101 Å². The fraction of sp³-hybridized carbons (Fsp3) is 0.444. The van der Waals surface area contributed by atoms with Gasteiger partial charge in [-0.2, -0.15) is 9.38 Å². The summed E-state index contributed by atoms with van der Waals surface area (Å²) in [6, 6.07) is 0. The molecule has 17 heavy (non-hydrogen) atoms. The van der Waals surface area contributed by atoms with Gasteiger partial charge in [0.2, 0.25) is 0 Å². The summed E-state index contributed by atoms with van der Waals surface area (Å²) in [5.74, 6) is -0.0979. The van der Waals surface area contributed by atoms with E-state index in [0.29, 0.717) is 18.2 Å². The number of thiazole rings is 1. The second-order valence-corrected chi connectivity index (χ2v) is 3.97. The SMILES string of the molecule is CCOCCOc1nc2sccn2c1[N+](=O)[O-]. The lowest BCUT2D eigenvalue weighted by atomic mass is 10.6. The van der Waals surface area contributed by atoms with Gasteiger partial charge in [-0.1, -0.05) is 11.3 Å². The van der Waals surface area contributed by atoms with E-state index >= 15 is 0 Å². The lowest BCUT2D eigenvalue weighted by molar-refractivity contribution is -0.391. The van der Waals surface area contributed by atoms with Crippen LogP contribution in [0.15, 0.2) is 11.6 Å². The molecular formula is C9H11N3O4S. The molecule has 0 N–H and O–H groups in total. The van der Waals surface area contributed by atoms with Gasteiger partial charge in [-0.05, 0) is 11.8 Å². The van der Waals surface area contributed by atoms with Crippen molar-refractivity contribution in [3.05, 3.63) is 21.7 Å². The average molecular weight is 257 g/mol. The Morgan fingerprint density at radius 1 is 1.59 bits per heavy atom. The monoisotopic (exact) mass is 257 g/mol. The van der Waals surface area contributed by atoms with Crippen molar-refractivity contribution in [3.8, 4) is 5.88 Å². The average Bonchev–Trinajstić information content (AvgIpc) is 2.83. The second-order valence-electron chi connectivity index (χ2n) is 3.10. The van der Waals surface area contributed by atoms with Crippen molar-refractivity contribution in [1.82, 2.24) is 9.38 Å². The quantitative estimate of drug-likeness (QED) is 0.447. The molecule has 0 aliphatic rings. The Kier molecular flexibility index (Phi) is 3.55. The first kappa shape index (κ1) is 11.8. The van der Waals surface area contributed by atoms with E-state index in [2.05, 4.69) is 4.98 Å². The summed E-state index contributed by atoms with van der Waals surface area (Å²) >= 11 is 1.32. The standard InChI is InChI=1S/C9H11N3O4S/c1-2-15-4-5-16-7-8(12(13)14)11-3-6-17-9(11)10-7/h3,6H,2,4-5H2,1H3. The normalized spacial score (nSPS) is 10.9. The molecular weight excluding hydrogens is 246 g/mol. The molecule has 2 aromatic heterocycles. The van der Waals surface area contributed by atoms with E-state index < -0.39 is 4.92 Å². The van der Waals surface area contributed by atoms with Gasteiger partial charge in [0.25, 0.3) is 4.96 Å². The molecule has 0 saturated carbocycles. The van der Waals surface area contributed by atoms with Gasteiger partial charge in [0.05, 0.1) is 6.61 Å². The van der Waals surface area contributed by atoms with Gasteiger partial charge in [-0.3, -0.25) is 0 Å². The zero-order valence-corrected chi connectivity index (χ0v) is 9.98. The number of ether oxygens (including phenoxy) is 2. The maximum atomic E-state index is 10.9. The molecule has 2 aromatic rings. The molecule has 92 valence electrons. The number of hydrogen-bond donors (Lipinski definition) is 0. The molecule has 0 amide bonds. The molecule has 0 aliphatic carbocycles. The van der Waals surface area contributed by atoms with E-state index in [1.54, 1.807) is 11.6 Å². The predicted molar refractivity (Wildman–Crippen MR) is 61.7 cm³/mol. The third kappa shape index (κ3) is 2.37. The number of hydrogen-bond acceptors (Lipinski definition) is 6. The van der Waals surface area contributed by atoms with E-state index in [0.717, 1.165) is 0 Å². The zero-order valence-electron chi connectivity index (χ0n) is 9.16. The van der Waals surface area contributed by atoms with Crippen molar-refractivity contribution in [2.45, 2.75) is 6.92 Å². The highest BCUT2D eigenvalue weighted by atomic mass is 32.1. The van der Waals surface area contributed by atoms with Gasteiger partial charge in [-0.15, -0.1) is 0 Å². The van der Waals surface area contributed by atoms with Crippen LogP contribution in [-0.4, -0.2) is 34.1 Å². The van der Waals surface area contributed by atoms with Crippen molar-refractivity contribution in [1.29, 1.82) is 0 Å². The van der Waals surface area contributed by atoms with Crippen LogP contribution in [0.1, 0.15) is 6.92 Å². The fourth-order valence-electron chi connectivity index (χ4n) is 1.36. The van der Waals surface area contributed by atoms with Crippen molar-refractivity contribution in [3.63, 3.8) is 0 Å². The minimum absolute atomic E-state index is 0.0431. The first-order chi connectivity index (χ1) is 8.24. The van der Waals surface area contributed by atoms with Crippen molar-refractivity contribution in [2.24, 2.45) is 0 Å². The van der Waals surface area contributed by atoms with Crippen LogP contribution in [0.2, 0.25) is 0 Å². The third-order valence-corrected chi connectivity index (χ3v) is 2.81. The van der Waals surface area contributed by atoms with Gasteiger partial charge in [0.1, 0.15) is 12.8 Å². The molecule has 0 radical (unpaired) electrons. The number of nitro groups is 1. The fourth-order valence-corrected chi connectivity index (χ4v) is 2.06. The molecule has 0 bridgehead atoms. The highest BCUT2D eigenvalue weighted by Gasteiger charge is 2.24. The summed E-state index contributed by atoms with van der Waals surface area (Å²) in [5, 5.41) is 12.7. The van der Waals surface area contributed by atoms with E-state index in [1.807, 2.05) is 6.92 Å². The van der Waals surface area contributed by atoms with Crippen LogP contribution in [0.5, 0.6) is 5.88 Å². The summed E-state index contributed by atoms with van der Waals surface area (Å²) in [4.78, 5) is 15.0. The maximum Gasteiger partial charge on any atom is 0.393 e. The number of fused-ring (bicyclic) bond motifs is 1. The highest BCUT2D eigenvalue weighted by Crippen LogP contribution is 2.29. The van der Waals surface area contributed by atoms with Crippen molar-refractivity contribution in [2.75, 3.05) is 19.8 Å². The molecule has 2 heterocycles. The minimum atomic E-state index is -0.497. The third-order valence-electron chi connectivity index (χ3n) is 2.05. The number of imidazole rings is 1. The predicted octanol–water partition coefficient (Wildman–Crippen LogP) is 1.72. The Morgan fingerprint density at radius 3 is 3.12 bits per heavy atom. The van der Waals surface area contributed by atoms with Crippen LogP contribution in [0.3, 0.4) is 0 Å². The van der Waals surface area contributed by atoms with Crippen LogP contribution in [0.4, 0.5) is 5.82 Å². The molecule has 0 spiro atoms. The number of aromatic nitrogens is 2. The lowest BCUT2D eigenvalue weighted by Gasteiger charge is -2.02. The molecule has 0 aromatic carbocycles. The zero-order chi connectivity index (χ0) is 12.3. The minimum Gasteiger partial charge on any atom is -0.469 e. The first-order valence-corrected chi connectivity index (χ1v) is 5.92. The molecule has 2 rings (SSSR count). The van der Waals surface area contributed by atoms with Gasteiger partial charge in [0.15, 0.2) is 0 Å².